The Balaban J connectivity index is 2.51. The molecule has 1 N–H and O–H groups in total. The van der Waals surface area contributed by atoms with Gasteiger partial charge in [0.05, 0.1) is 15.9 Å². The van der Waals surface area contributed by atoms with Crippen LogP contribution < -0.4 is 5.32 Å². The topological polar surface area (TPSA) is 131 Å². The summed E-state index contributed by atoms with van der Waals surface area (Å²) in [5, 5.41) is 24.2. The Kier molecular flexibility index (Phi) is 4.67. The molecule has 2 rings (SSSR count). The number of benzene rings is 1. The Labute approximate surface area is 136 Å². The number of nitro benzene ring substituents is 2. The third-order valence-corrected chi connectivity index (χ3v) is 3.04. The number of hydrogen-bond donors (Lipinski definition) is 1. The molecule has 1 aliphatic rings. The molecule has 0 saturated carbocycles. The highest BCUT2D eigenvalue weighted by atomic mass is 19.4. The summed E-state index contributed by atoms with van der Waals surface area (Å²) in [6.07, 6.45) is -2.18. The zero-order chi connectivity index (χ0) is 18.8. The maximum Gasteiger partial charge on any atom is 0.423 e. The molecule has 0 saturated heterocycles. The number of aliphatic imine (C=N–C) groups is 1. The molecule has 132 valence electrons. The highest BCUT2D eigenvalue weighted by Gasteiger charge is 2.41. The van der Waals surface area contributed by atoms with Gasteiger partial charge in [0, 0.05) is 6.20 Å². The monoisotopic (exact) mass is 359 g/mol. The van der Waals surface area contributed by atoms with Crippen LogP contribution in [0.3, 0.4) is 0 Å². The number of hydrogen-bond acceptors (Lipinski definition) is 7. The first-order chi connectivity index (χ1) is 11.6. The Morgan fingerprint density at radius 3 is 2.28 bits per heavy atom. The molecule has 0 fully saturated rings. The minimum atomic E-state index is -5.09. The van der Waals surface area contributed by atoms with Crippen LogP contribution in [0.5, 0.6) is 0 Å². The molecule has 0 atom stereocenters. The second-order valence-electron chi connectivity index (χ2n) is 4.64. The van der Waals surface area contributed by atoms with Gasteiger partial charge >= 0.3 is 6.18 Å². The lowest BCUT2D eigenvalue weighted by molar-refractivity contribution is -0.395. The summed E-state index contributed by atoms with van der Waals surface area (Å²) in [5.41, 5.74) is -4.61. The third kappa shape index (κ3) is 3.88. The number of nitrogens with zero attached hydrogens (tertiary/aromatic N) is 4. The third-order valence-electron chi connectivity index (χ3n) is 3.04. The van der Waals surface area contributed by atoms with Crippen LogP contribution in [0.1, 0.15) is 5.56 Å². The maximum absolute atomic E-state index is 13.0. The van der Waals surface area contributed by atoms with Crippen LogP contribution in [0.15, 0.2) is 29.4 Å². The molecule has 0 spiro atoms. The first-order valence-electron chi connectivity index (χ1n) is 6.38. The Morgan fingerprint density at radius 2 is 1.84 bits per heavy atom. The summed E-state index contributed by atoms with van der Waals surface area (Å²) in [6, 6.07) is 0.509. The highest BCUT2D eigenvalue weighted by Crippen LogP contribution is 2.41. The van der Waals surface area contributed by atoms with Crippen molar-refractivity contribution >= 4 is 29.3 Å². The van der Waals surface area contributed by atoms with Crippen LogP contribution in [-0.4, -0.2) is 33.7 Å². The van der Waals surface area contributed by atoms with Gasteiger partial charge in [-0.1, -0.05) is 0 Å². The lowest BCUT2D eigenvalue weighted by Crippen LogP contribution is -2.24. The van der Waals surface area contributed by atoms with Crippen LogP contribution in [0.4, 0.5) is 30.2 Å². The molecule has 10 nitrogen and oxygen atoms in total. The SMILES string of the molecule is O=CN1C=CC(Nc2cc(C(F)(F)F)c([N+](=O)[O-])cc2[N+](=O)[O-])=NC1. The molecule has 1 aromatic rings. The van der Waals surface area contributed by atoms with Gasteiger partial charge in [0.15, 0.2) is 0 Å². The predicted octanol–water partition coefficient (Wildman–Crippen LogP) is 2.28. The summed E-state index contributed by atoms with van der Waals surface area (Å²) >= 11 is 0. The molecule has 0 bridgehead atoms. The van der Waals surface area contributed by atoms with E-state index in [4.69, 9.17) is 0 Å². The smallest absolute Gasteiger partial charge is 0.335 e. The van der Waals surface area contributed by atoms with Gasteiger partial charge in [-0.3, -0.25) is 25.0 Å². The van der Waals surface area contributed by atoms with Gasteiger partial charge < -0.3 is 10.2 Å². The number of nitro groups is 2. The van der Waals surface area contributed by atoms with Gasteiger partial charge in [-0.25, -0.2) is 4.99 Å². The van der Waals surface area contributed by atoms with Gasteiger partial charge in [0.25, 0.3) is 11.4 Å². The fourth-order valence-electron chi connectivity index (χ4n) is 1.92. The van der Waals surface area contributed by atoms with Gasteiger partial charge in [0.1, 0.15) is 23.8 Å². The molecular weight excluding hydrogens is 351 g/mol. The molecule has 0 aliphatic carbocycles. The number of amidine groups is 1. The van der Waals surface area contributed by atoms with Crippen molar-refractivity contribution in [2.45, 2.75) is 6.18 Å². The molecule has 13 heteroatoms. The Morgan fingerprint density at radius 1 is 1.20 bits per heavy atom. The summed E-state index contributed by atoms with van der Waals surface area (Å²) in [7, 11) is 0. The summed E-state index contributed by atoms with van der Waals surface area (Å²) < 4.78 is 39.0. The second-order valence-corrected chi connectivity index (χ2v) is 4.64. The number of halogens is 3. The standard InChI is InChI=1S/C12H8F3N5O5/c13-12(14,15)7-3-8(10(20(24)25)4-9(7)19(22)23)17-11-1-2-18(6-21)5-16-11/h1-4,6H,5H2,(H,16,17). The van der Waals surface area contributed by atoms with Crippen molar-refractivity contribution in [1.29, 1.82) is 0 Å². The lowest BCUT2D eigenvalue weighted by Gasteiger charge is -2.16. The van der Waals surface area contributed by atoms with Crippen molar-refractivity contribution in [3.63, 3.8) is 0 Å². The highest BCUT2D eigenvalue weighted by molar-refractivity contribution is 6.05. The minimum absolute atomic E-state index is 0.0526. The van der Waals surface area contributed by atoms with Crippen molar-refractivity contribution in [2.75, 3.05) is 12.0 Å². The van der Waals surface area contributed by atoms with E-state index >= 15 is 0 Å². The zero-order valence-corrected chi connectivity index (χ0v) is 12.1. The number of amides is 1. The largest absolute Gasteiger partial charge is 0.423 e. The van der Waals surface area contributed by atoms with Crippen LogP contribution in [0.25, 0.3) is 0 Å². The molecule has 1 aromatic carbocycles. The number of carbonyl (C=O) groups is 1. The first kappa shape index (κ1) is 17.8. The van der Waals surface area contributed by atoms with E-state index in [0.717, 1.165) is 4.90 Å². The number of anilines is 1. The Bertz CT molecular complexity index is 805. The molecule has 0 radical (unpaired) electrons. The van der Waals surface area contributed by atoms with E-state index in [1.165, 1.54) is 12.3 Å². The molecule has 0 unspecified atom stereocenters. The van der Waals surface area contributed by atoms with E-state index in [9.17, 15) is 38.2 Å². The van der Waals surface area contributed by atoms with E-state index < -0.39 is 38.6 Å². The molecule has 0 aromatic heterocycles. The van der Waals surface area contributed by atoms with Crippen molar-refractivity contribution in [2.24, 2.45) is 4.99 Å². The normalized spacial score (nSPS) is 14.0. The van der Waals surface area contributed by atoms with E-state index in [2.05, 4.69) is 10.3 Å². The summed E-state index contributed by atoms with van der Waals surface area (Å²) in [4.78, 5) is 34.9. The van der Waals surface area contributed by atoms with Gasteiger partial charge in [-0.05, 0) is 12.1 Å². The molecular formula is C12H8F3N5O5. The van der Waals surface area contributed by atoms with Gasteiger partial charge in [-0.15, -0.1) is 0 Å². The maximum atomic E-state index is 13.0. The average Bonchev–Trinajstić information content (AvgIpc) is 2.54. The van der Waals surface area contributed by atoms with E-state index in [1.807, 2.05) is 0 Å². The Hall–Kier alpha value is -3.51. The zero-order valence-electron chi connectivity index (χ0n) is 12.1. The molecule has 25 heavy (non-hydrogen) atoms. The number of nitrogens with one attached hydrogen (secondary N) is 1. The number of rotatable bonds is 4. The lowest BCUT2D eigenvalue weighted by atomic mass is 10.1. The van der Waals surface area contributed by atoms with Crippen molar-refractivity contribution in [3.8, 4) is 0 Å². The fraction of sp³-hybridized carbons (Fsp3) is 0.167. The fourth-order valence-corrected chi connectivity index (χ4v) is 1.92. The van der Waals surface area contributed by atoms with Crippen LogP contribution in [-0.2, 0) is 11.0 Å². The number of carbonyl (C=O) groups excluding carboxylic acids is 1. The molecule has 1 heterocycles. The summed E-state index contributed by atoms with van der Waals surface area (Å²) in [5.74, 6) is -0.0526. The summed E-state index contributed by atoms with van der Waals surface area (Å²) in [6.45, 7) is -0.144. The van der Waals surface area contributed by atoms with Crippen LogP contribution >= 0.6 is 0 Å². The predicted molar refractivity (Wildman–Crippen MR) is 77.7 cm³/mol. The molecule has 1 aliphatic heterocycles. The van der Waals surface area contributed by atoms with Crippen LogP contribution in [0, 0.1) is 20.2 Å². The average molecular weight is 359 g/mol. The van der Waals surface area contributed by atoms with Crippen molar-refractivity contribution in [1.82, 2.24) is 4.90 Å². The van der Waals surface area contributed by atoms with Crippen LogP contribution in [0.2, 0.25) is 0 Å². The minimum Gasteiger partial charge on any atom is -0.335 e. The second kappa shape index (κ2) is 6.54. The molecule has 1 amide bonds. The first-order valence-corrected chi connectivity index (χ1v) is 6.38. The van der Waals surface area contributed by atoms with E-state index in [0.29, 0.717) is 6.41 Å². The quantitative estimate of drug-likeness (QED) is 0.498. The van der Waals surface area contributed by atoms with Crippen molar-refractivity contribution < 1.29 is 27.8 Å². The van der Waals surface area contributed by atoms with Crippen molar-refractivity contribution in [3.05, 3.63) is 50.2 Å². The van der Waals surface area contributed by atoms with E-state index in [-0.39, 0.29) is 24.6 Å². The van der Waals surface area contributed by atoms with Gasteiger partial charge in [0.2, 0.25) is 6.41 Å². The van der Waals surface area contributed by atoms with E-state index in [1.54, 1.807) is 0 Å². The van der Waals surface area contributed by atoms with Gasteiger partial charge in [-0.2, -0.15) is 13.2 Å². The number of alkyl halides is 3.